The van der Waals surface area contributed by atoms with Gasteiger partial charge in [-0.1, -0.05) is 17.7 Å². The third-order valence-electron chi connectivity index (χ3n) is 2.81. The van der Waals surface area contributed by atoms with Gasteiger partial charge in [0.05, 0.1) is 16.8 Å². The van der Waals surface area contributed by atoms with Crippen molar-refractivity contribution in [2.75, 3.05) is 29.5 Å². The number of hydrogen-bond donors (Lipinski definition) is 1. The topological polar surface area (TPSA) is 23.5 Å². The fraction of sp³-hybridized carbons (Fsp3) is 0.500. The summed E-state index contributed by atoms with van der Waals surface area (Å²) in [5.74, 6) is 2.32. The van der Waals surface area contributed by atoms with Gasteiger partial charge in [0, 0.05) is 24.6 Å². The molecule has 0 bridgehead atoms. The molecule has 0 aliphatic carbocycles. The van der Waals surface area contributed by atoms with Crippen LogP contribution in [0.4, 0.5) is 5.69 Å². The number of hydrogen-bond acceptors (Lipinski definition) is 3. The number of nitrogens with zero attached hydrogens (tertiary/aromatic N) is 1. The second-order valence-corrected chi connectivity index (χ2v) is 5.62. The molecule has 1 atom stereocenters. The average molecular weight is 258 g/mol. The number of aliphatic hydroxyl groups excluding tert-OH is 1. The molecule has 4 heteroatoms. The van der Waals surface area contributed by atoms with E-state index < -0.39 is 6.10 Å². The minimum atomic E-state index is -0.455. The lowest BCUT2D eigenvalue weighted by molar-refractivity contribution is 0.199. The van der Waals surface area contributed by atoms with Crippen molar-refractivity contribution in [3.05, 3.63) is 28.8 Å². The summed E-state index contributed by atoms with van der Waals surface area (Å²) in [7, 11) is 0. The fourth-order valence-electron chi connectivity index (χ4n) is 1.84. The first kappa shape index (κ1) is 12.1. The van der Waals surface area contributed by atoms with E-state index in [1.165, 1.54) is 0 Å². The van der Waals surface area contributed by atoms with Crippen LogP contribution in [-0.2, 0) is 0 Å². The van der Waals surface area contributed by atoms with Crippen molar-refractivity contribution in [3.63, 3.8) is 0 Å². The summed E-state index contributed by atoms with van der Waals surface area (Å²) in [4.78, 5) is 2.31. The number of halogens is 1. The summed E-state index contributed by atoms with van der Waals surface area (Å²) in [6.45, 7) is 3.86. The number of aliphatic hydroxyl groups is 1. The zero-order valence-corrected chi connectivity index (χ0v) is 10.9. The lowest BCUT2D eigenvalue weighted by Gasteiger charge is -2.29. The zero-order valence-electron chi connectivity index (χ0n) is 9.32. The smallest absolute Gasteiger partial charge is 0.0762 e. The molecule has 1 N–H and O–H groups in total. The van der Waals surface area contributed by atoms with Gasteiger partial charge in [0.25, 0.3) is 0 Å². The largest absolute Gasteiger partial charge is 0.389 e. The molecule has 2 nitrogen and oxygen atoms in total. The van der Waals surface area contributed by atoms with Crippen LogP contribution >= 0.6 is 23.4 Å². The molecular weight excluding hydrogens is 242 g/mol. The van der Waals surface area contributed by atoms with Gasteiger partial charge in [0.2, 0.25) is 0 Å². The third kappa shape index (κ3) is 2.65. The van der Waals surface area contributed by atoms with Crippen LogP contribution < -0.4 is 4.90 Å². The van der Waals surface area contributed by atoms with Crippen LogP contribution in [0.25, 0.3) is 0 Å². The van der Waals surface area contributed by atoms with E-state index in [0.717, 1.165) is 40.9 Å². The van der Waals surface area contributed by atoms with E-state index in [9.17, 15) is 5.11 Å². The standard InChI is InChI=1S/C12H16ClNOS/c1-9(15)10-2-3-12(11(13)8-10)14-4-6-16-7-5-14/h2-3,8-9,15H,4-7H2,1H3/t9-/m1/s1. The van der Waals surface area contributed by atoms with Gasteiger partial charge in [-0.15, -0.1) is 0 Å². The molecule has 1 aromatic rings. The van der Waals surface area contributed by atoms with Crippen molar-refractivity contribution >= 4 is 29.1 Å². The maximum Gasteiger partial charge on any atom is 0.0762 e. The van der Waals surface area contributed by atoms with Crippen LogP contribution in [0.2, 0.25) is 5.02 Å². The van der Waals surface area contributed by atoms with Crippen LogP contribution in [0.5, 0.6) is 0 Å². The molecule has 1 aromatic carbocycles. The van der Waals surface area contributed by atoms with E-state index in [1.54, 1.807) is 6.92 Å². The van der Waals surface area contributed by atoms with Gasteiger partial charge in [-0.3, -0.25) is 0 Å². The van der Waals surface area contributed by atoms with Gasteiger partial charge < -0.3 is 10.0 Å². The lowest BCUT2D eigenvalue weighted by Crippen LogP contribution is -2.32. The number of benzene rings is 1. The molecule has 1 aliphatic heterocycles. The molecule has 16 heavy (non-hydrogen) atoms. The molecule has 88 valence electrons. The highest BCUT2D eigenvalue weighted by Crippen LogP contribution is 2.30. The van der Waals surface area contributed by atoms with E-state index in [2.05, 4.69) is 4.90 Å². The Morgan fingerprint density at radius 1 is 1.38 bits per heavy atom. The Balaban J connectivity index is 2.21. The maximum absolute atomic E-state index is 9.47. The SMILES string of the molecule is C[C@@H](O)c1ccc(N2CCSCC2)c(Cl)c1. The predicted octanol–water partition coefficient (Wildman–Crippen LogP) is 2.95. The van der Waals surface area contributed by atoms with Crippen LogP contribution in [0.15, 0.2) is 18.2 Å². The number of rotatable bonds is 2. The first-order chi connectivity index (χ1) is 7.68. The molecule has 0 radical (unpaired) electrons. The van der Waals surface area contributed by atoms with E-state index >= 15 is 0 Å². The Morgan fingerprint density at radius 3 is 2.62 bits per heavy atom. The van der Waals surface area contributed by atoms with Crippen molar-refractivity contribution in [2.45, 2.75) is 13.0 Å². The molecule has 0 saturated carbocycles. The molecule has 0 spiro atoms. The number of thioether (sulfide) groups is 1. The minimum absolute atomic E-state index is 0.455. The Kier molecular flexibility index (Phi) is 4.00. The van der Waals surface area contributed by atoms with Gasteiger partial charge in [-0.25, -0.2) is 0 Å². The summed E-state index contributed by atoms with van der Waals surface area (Å²) >= 11 is 8.23. The van der Waals surface area contributed by atoms with Crippen LogP contribution in [0.1, 0.15) is 18.6 Å². The van der Waals surface area contributed by atoms with E-state index in [-0.39, 0.29) is 0 Å². The van der Waals surface area contributed by atoms with Crippen molar-refractivity contribution in [2.24, 2.45) is 0 Å². The molecule has 0 unspecified atom stereocenters. The normalized spacial score (nSPS) is 18.6. The Morgan fingerprint density at radius 2 is 2.06 bits per heavy atom. The first-order valence-electron chi connectivity index (χ1n) is 5.48. The van der Waals surface area contributed by atoms with Crippen molar-refractivity contribution < 1.29 is 5.11 Å². The van der Waals surface area contributed by atoms with Crippen molar-refractivity contribution in [1.29, 1.82) is 0 Å². The molecule has 1 heterocycles. The first-order valence-corrected chi connectivity index (χ1v) is 7.02. The zero-order chi connectivity index (χ0) is 11.5. The second-order valence-electron chi connectivity index (χ2n) is 3.99. The van der Waals surface area contributed by atoms with Gasteiger partial charge in [0.15, 0.2) is 0 Å². The quantitative estimate of drug-likeness (QED) is 0.881. The predicted molar refractivity (Wildman–Crippen MR) is 71.6 cm³/mol. The highest BCUT2D eigenvalue weighted by molar-refractivity contribution is 7.99. The molecule has 0 aromatic heterocycles. The van der Waals surface area contributed by atoms with Gasteiger partial charge in [-0.05, 0) is 24.6 Å². The summed E-state index contributed by atoms with van der Waals surface area (Å²) in [5.41, 5.74) is 1.96. The summed E-state index contributed by atoms with van der Waals surface area (Å²) in [6, 6.07) is 5.83. The molecule has 1 aliphatic rings. The Hall–Kier alpha value is -0.380. The van der Waals surface area contributed by atoms with Crippen LogP contribution in [0.3, 0.4) is 0 Å². The van der Waals surface area contributed by atoms with E-state index in [1.807, 2.05) is 30.0 Å². The minimum Gasteiger partial charge on any atom is -0.389 e. The molecular formula is C12H16ClNOS. The summed E-state index contributed by atoms with van der Waals surface area (Å²) in [5, 5.41) is 10.2. The summed E-state index contributed by atoms with van der Waals surface area (Å²) < 4.78 is 0. The van der Waals surface area contributed by atoms with Gasteiger partial charge in [-0.2, -0.15) is 11.8 Å². The Bertz CT molecular complexity index is 364. The second kappa shape index (κ2) is 5.30. The van der Waals surface area contributed by atoms with Gasteiger partial charge >= 0.3 is 0 Å². The molecule has 2 rings (SSSR count). The van der Waals surface area contributed by atoms with Crippen molar-refractivity contribution in [3.8, 4) is 0 Å². The van der Waals surface area contributed by atoms with E-state index in [0.29, 0.717) is 0 Å². The van der Waals surface area contributed by atoms with Crippen molar-refractivity contribution in [1.82, 2.24) is 0 Å². The molecule has 1 fully saturated rings. The van der Waals surface area contributed by atoms with Crippen LogP contribution in [-0.4, -0.2) is 29.7 Å². The molecule has 0 amide bonds. The van der Waals surface area contributed by atoms with Gasteiger partial charge in [0.1, 0.15) is 0 Å². The van der Waals surface area contributed by atoms with Crippen LogP contribution in [0, 0.1) is 0 Å². The van der Waals surface area contributed by atoms with E-state index in [4.69, 9.17) is 11.6 Å². The highest BCUT2D eigenvalue weighted by Gasteiger charge is 2.14. The maximum atomic E-state index is 9.47. The monoisotopic (exact) mass is 257 g/mol. The fourth-order valence-corrected chi connectivity index (χ4v) is 3.06. The summed E-state index contributed by atoms with van der Waals surface area (Å²) in [6.07, 6.45) is -0.455. The lowest BCUT2D eigenvalue weighted by atomic mass is 10.1. The third-order valence-corrected chi connectivity index (χ3v) is 4.05. The molecule has 1 saturated heterocycles. The highest BCUT2D eigenvalue weighted by atomic mass is 35.5. The average Bonchev–Trinajstić information content (AvgIpc) is 2.30. The Labute approximate surface area is 106 Å². The number of anilines is 1.